The Morgan fingerprint density at radius 1 is 1.35 bits per heavy atom. The number of nitrogens with zero attached hydrogens (tertiary/aromatic N) is 1. The average molecular weight is 267 g/mol. The van der Waals surface area contributed by atoms with Crippen LogP contribution in [0.5, 0.6) is 0 Å². The van der Waals surface area contributed by atoms with Gasteiger partial charge >= 0.3 is 7.12 Å². The van der Waals surface area contributed by atoms with Gasteiger partial charge in [0.1, 0.15) is 5.69 Å². The number of benzene rings is 1. The largest absolute Gasteiger partial charge is 0.491 e. The molecule has 1 aliphatic rings. The van der Waals surface area contributed by atoms with Crippen LogP contribution in [0.2, 0.25) is 0 Å². The fourth-order valence-electron chi connectivity index (χ4n) is 2.39. The summed E-state index contributed by atoms with van der Waals surface area (Å²) in [5.74, 6) is -0.0308. The van der Waals surface area contributed by atoms with Crippen LogP contribution in [0.15, 0.2) is 42.6 Å². The Kier molecular flexibility index (Phi) is 3.63. The summed E-state index contributed by atoms with van der Waals surface area (Å²) in [6.07, 6.45) is 2.68. The van der Waals surface area contributed by atoms with E-state index in [4.69, 9.17) is 4.65 Å². The third-order valence-electron chi connectivity index (χ3n) is 3.44. The Morgan fingerprint density at radius 3 is 3.05 bits per heavy atom. The minimum atomic E-state index is -0.886. The van der Waals surface area contributed by atoms with Crippen molar-refractivity contribution in [2.45, 2.75) is 12.8 Å². The second-order valence-electron chi connectivity index (χ2n) is 4.82. The summed E-state index contributed by atoms with van der Waals surface area (Å²) in [4.78, 5) is 16.2. The molecule has 0 saturated carbocycles. The smallest absolute Gasteiger partial charge is 0.423 e. The van der Waals surface area contributed by atoms with Crippen LogP contribution in [0.3, 0.4) is 0 Å². The van der Waals surface area contributed by atoms with Crippen LogP contribution in [0.25, 0.3) is 0 Å². The van der Waals surface area contributed by atoms with Gasteiger partial charge in [-0.3, -0.25) is 9.78 Å². The second kappa shape index (κ2) is 5.57. The average Bonchev–Trinajstić information content (AvgIpc) is 2.49. The quantitative estimate of drug-likeness (QED) is 0.659. The number of carbonyl (C=O) groups is 1. The van der Waals surface area contributed by atoms with E-state index in [-0.39, 0.29) is 12.2 Å². The first-order chi connectivity index (χ1) is 9.74. The van der Waals surface area contributed by atoms with Crippen LogP contribution in [0.4, 0.5) is 0 Å². The van der Waals surface area contributed by atoms with Gasteiger partial charge in [-0.05, 0) is 35.1 Å². The Balaban J connectivity index is 1.82. The molecule has 0 radical (unpaired) electrons. The summed E-state index contributed by atoms with van der Waals surface area (Å²) in [5, 5.41) is 9.82. The highest BCUT2D eigenvalue weighted by atomic mass is 16.5. The van der Waals surface area contributed by atoms with Crippen molar-refractivity contribution >= 4 is 18.4 Å². The summed E-state index contributed by atoms with van der Waals surface area (Å²) in [5.41, 5.74) is 3.17. The maximum absolute atomic E-state index is 12.1. The minimum absolute atomic E-state index is 0.0308. The van der Waals surface area contributed by atoms with E-state index in [1.165, 1.54) is 0 Å². The molecule has 0 bridgehead atoms. The van der Waals surface area contributed by atoms with E-state index >= 15 is 0 Å². The third kappa shape index (κ3) is 2.64. The molecule has 0 amide bonds. The molecule has 5 heteroatoms. The standard InChI is InChI=1S/C15H14BNO3/c18-15(14-3-1-2-7-17-14)10-11-4-5-12-6-8-20-16(19)13(12)9-11/h1-5,7,9,19H,6,8,10H2. The maximum Gasteiger partial charge on any atom is 0.491 e. The van der Waals surface area contributed by atoms with E-state index in [9.17, 15) is 9.82 Å². The zero-order valence-electron chi connectivity index (χ0n) is 11.0. The van der Waals surface area contributed by atoms with Gasteiger partial charge in [0.2, 0.25) is 0 Å². The zero-order chi connectivity index (χ0) is 13.9. The molecule has 2 aromatic rings. The highest BCUT2D eigenvalue weighted by Gasteiger charge is 2.25. The van der Waals surface area contributed by atoms with E-state index in [1.807, 2.05) is 18.2 Å². The Labute approximate surface area is 117 Å². The SMILES string of the molecule is O=C(Cc1ccc2c(c1)B(O)OCC2)c1ccccn1. The van der Waals surface area contributed by atoms with E-state index in [0.717, 1.165) is 23.0 Å². The molecule has 0 spiro atoms. The Hall–Kier alpha value is -1.98. The number of pyridine rings is 1. The Morgan fingerprint density at radius 2 is 2.25 bits per heavy atom. The number of carbonyl (C=O) groups excluding carboxylic acids is 1. The molecule has 3 rings (SSSR count). The van der Waals surface area contributed by atoms with Crippen molar-refractivity contribution in [3.8, 4) is 0 Å². The molecular weight excluding hydrogens is 253 g/mol. The first-order valence-corrected chi connectivity index (χ1v) is 6.59. The van der Waals surface area contributed by atoms with Crippen molar-refractivity contribution in [2.24, 2.45) is 0 Å². The van der Waals surface area contributed by atoms with Gasteiger partial charge in [-0.25, -0.2) is 0 Å². The molecule has 0 saturated heterocycles. The molecule has 0 unspecified atom stereocenters. The predicted molar refractivity (Wildman–Crippen MR) is 76.0 cm³/mol. The van der Waals surface area contributed by atoms with Gasteiger partial charge in [0.05, 0.1) is 0 Å². The van der Waals surface area contributed by atoms with Crippen LogP contribution in [-0.2, 0) is 17.5 Å². The summed E-state index contributed by atoms with van der Waals surface area (Å²) in [7, 11) is -0.886. The molecule has 4 nitrogen and oxygen atoms in total. The van der Waals surface area contributed by atoms with Gasteiger partial charge in [0, 0.05) is 19.2 Å². The zero-order valence-corrected chi connectivity index (χ0v) is 11.0. The van der Waals surface area contributed by atoms with Gasteiger partial charge in [0.15, 0.2) is 5.78 Å². The topological polar surface area (TPSA) is 59.4 Å². The van der Waals surface area contributed by atoms with Crippen molar-refractivity contribution in [3.63, 3.8) is 0 Å². The van der Waals surface area contributed by atoms with Gasteiger partial charge in [0.25, 0.3) is 0 Å². The molecule has 1 aromatic carbocycles. The van der Waals surface area contributed by atoms with Crippen molar-refractivity contribution in [1.82, 2.24) is 4.98 Å². The van der Waals surface area contributed by atoms with E-state index < -0.39 is 7.12 Å². The van der Waals surface area contributed by atoms with Gasteiger partial charge in [-0.2, -0.15) is 0 Å². The lowest BCUT2D eigenvalue weighted by Crippen LogP contribution is -2.41. The molecule has 0 atom stereocenters. The first-order valence-electron chi connectivity index (χ1n) is 6.59. The highest BCUT2D eigenvalue weighted by Crippen LogP contribution is 2.11. The van der Waals surface area contributed by atoms with Crippen LogP contribution in [0.1, 0.15) is 21.6 Å². The third-order valence-corrected chi connectivity index (χ3v) is 3.44. The van der Waals surface area contributed by atoms with Crippen molar-refractivity contribution < 1.29 is 14.5 Å². The van der Waals surface area contributed by atoms with E-state index in [1.54, 1.807) is 24.4 Å². The van der Waals surface area contributed by atoms with Crippen LogP contribution < -0.4 is 5.46 Å². The van der Waals surface area contributed by atoms with Crippen molar-refractivity contribution in [2.75, 3.05) is 6.61 Å². The molecule has 0 fully saturated rings. The molecular formula is C15H14BNO3. The lowest BCUT2D eigenvalue weighted by atomic mass is 9.73. The molecule has 1 aliphatic heterocycles. The summed E-state index contributed by atoms with van der Waals surface area (Å²) >= 11 is 0. The Bertz CT molecular complexity index is 630. The summed E-state index contributed by atoms with van der Waals surface area (Å²) in [6, 6.07) is 11.0. The number of hydrogen-bond acceptors (Lipinski definition) is 4. The molecule has 100 valence electrons. The lowest BCUT2D eigenvalue weighted by molar-refractivity contribution is 0.0988. The number of aromatic nitrogens is 1. The number of rotatable bonds is 3. The summed E-state index contributed by atoms with van der Waals surface area (Å²) in [6.45, 7) is 0.528. The summed E-state index contributed by atoms with van der Waals surface area (Å²) < 4.78 is 5.21. The van der Waals surface area contributed by atoms with Gasteiger partial charge in [-0.1, -0.05) is 24.3 Å². The number of hydrogen-bond donors (Lipinski definition) is 1. The van der Waals surface area contributed by atoms with E-state index in [0.29, 0.717) is 12.3 Å². The fourth-order valence-corrected chi connectivity index (χ4v) is 2.39. The monoisotopic (exact) mass is 267 g/mol. The highest BCUT2D eigenvalue weighted by molar-refractivity contribution is 6.60. The van der Waals surface area contributed by atoms with Crippen LogP contribution in [-0.4, -0.2) is 29.5 Å². The van der Waals surface area contributed by atoms with Crippen molar-refractivity contribution in [1.29, 1.82) is 0 Å². The normalized spacial score (nSPS) is 13.9. The molecule has 2 heterocycles. The molecule has 0 aliphatic carbocycles. The number of ketones is 1. The fraction of sp³-hybridized carbons (Fsp3) is 0.200. The van der Waals surface area contributed by atoms with Crippen LogP contribution in [0, 0.1) is 0 Å². The molecule has 1 N–H and O–H groups in total. The van der Waals surface area contributed by atoms with Crippen LogP contribution >= 0.6 is 0 Å². The lowest BCUT2D eigenvalue weighted by Gasteiger charge is -2.19. The van der Waals surface area contributed by atoms with E-state index in [2.05, 4.69) is 4.98 Å². The number of fused-ring (bicyclic) bond motifs is 1. The first kappa shape index (κ1) is 13.0. The molecule has 20 heavy (non-hydrogen) atoms. The predicted octanol–water partition coefficient (Wildman–Crippen LogP) is 0.767. The van der Waals surface area contributed by atoms with Crippen molar-refractivity contribution in [3.05, 3.63) is 59.4 Å². The second-order valence-corrected chi connectivity index (χ2v) is 4.82. The maximum atomic E-state index is 12.1. The molecule has 1 aromatic heterocycles. The minimum Gasteiger partial charge on any atom is -0.423 e. The van der Waals surface area contributed by atoms with Gasteiger partial charge < -0.3 is 9.68 Å². The number of Topliss-reactive ketones (excluding diaryl/α,β-unsaturated/α-hetero) is 1. The van der Waals surface area contributed by atoms with Gasteiger partial charge in [-0.15, -0.1) is 0 Å².